The molecule has 0 saturated heterocycles. The van der Waals surface area contributed by atoms with Gasteiger partial charge >= 0.3 is 0 Å². The van der Waals surface area contributed by atoms with Gasteiger partial charge in [-0.2, -0.15) is 0 Å². The smallest absolute Gasteiger partial charge is 0.0954 e. The summed E-state index contributed by atoms with van der Waals surface area (Å²) < 4.78 is 0. The van der Waals surface area contributed by atoms with Crippen molar-refractivity contribution in [3.8, 4) is 0 Å². The number of aliphatic hydroxyl groups is 1. The van der Waals surface area contributed by atoms with Crippen LogP contribution in [-0.2, 0) is 6.54 Å². The summed E-state index contributed by atoms with van der Waals surface area (Å²) >= 11 is 1.78. The molecule has 0 radical (unpaired) electrons. The number of rotatable bonds is 8. The number of hydrogen-bond donors (Lipinski definition) is 1. The van der Waals surface area contributed by atoms with Gasteiger partial charge in [-0.1, -0.05) is 13.8 Å². The normalized spacial score (nSPS) is 15.8. The summed E-state index contributed by atoms with van der Waals surface area (Å²) in [6.07, 6.45) is 4.67. The van der Waals surface area contributed by atoms with Crippen LogP contribution in [0, 0.1) is 0 Å². The van der Waals surface area contributed by atoms with Crippen LogP contribution in [0.5, 0.6) is 0 Å². The number of aliphatic hydroxyl groups excluding tert-OH is 1. The van der Waals surface area contributed by atoms with E-state index in [-0.39, 0.29) is 0 Å². The first-order valence-corrected chi connectivity index (χ1v) is 7.88. The minimum atomic E-state index is 0.312. The minimum Gasteiger partial charge on any atom is -0.396 e. The molecule has 2 rings (SSSR count). The van der Waals surface area contributed by atoms with Gasteiger partial charge in [0.25, 0.3) is 0 Å². The summed E-state index contributed by atoms with van der Waals surface area (Å²) in [4.78, 5) is 7.25. The Hall–Kier alpha value is -0.450. The molecule has 1 saturated carbocycles. The molecule has 0 unspecified atom stereocenters. The van der Waals surface area contributed by atoms with E-state index in [1.165, 1.54) is 23.5 Å². The summed E-state index contributed by atoms with van der Waals surface area (Å²) in [7, 11) is 0. The lowest BCUT2D eigenvalue weighted by atomic mass is 10.2. The highest BCUT2D eigenvalue weighted by atomic mass is 32.1. The summed E-state index contributed by atoms with van der Waals surface area (Å²) in [5, 5.41) is 12.3. The quantitative estimate of drug-likeness (QED) is 0.736. The molecule has 1 aromatic rings. The van der Waals surface area contributed by atoms with Crippen molar-refractivity contribution in [1.29, 1.82) is 0 Å². The number of hydrogen-bond acceptors (Lipinski definition) is 4. The summed E-state index contributed by atoms with van der Waals surface area (Å²) in [5.41, 5.74) is 1.22. The van der Waals surface area contributed by atoms with Gasteiger partial charge in [-0.25, -0.2) is 4.98 Å². The fourth-order valence-electron chi connectivity index (χ4n) is 2.13. The van der Waals surface area contributed by atoms with Crippen molar-refractivity contribution in [3.05, 3.63) is 16.1 Å². The van der Waals surface area contributed by atoms with Crippen molar-refractivity contribution >= 4 is 11.3 Å². The van der Waals surface area contributed by atoms with Crippen molar-refractivity contribution < 1.29 is 5.11 Å². The molecule has 4 heteroatoms. The second-order valence-corrected chi connectivity index (χ2v) is 6.35. The van der Waals surface area contributed by atoms with Gasteiger partial charge in [0.05, 0.1) is 10.7 Å². The zero-order valence-electron chi connectivity index (χ0n) is 11.4. The Morgan fingerprint density at radius 2 is 2.22 bits per heavy atom. The van der Waals surface area contributed by atoms with Crippen molar-refractivity contribution in [3.63, 3.8) is 0 Å². The van der Waals surface area contributed by atoms with Gasteiger partial charge in [-0.15, -0.1) is 11.3 Å². The molecule has 0 spiro atoms. The van der Waals surface area contributed by atoms with Crippen molar-refractivity contribution in [2.75, 3.05) is 13.2 Å². The lowest BCUT2D eigenvalue weighted by Crippen LogP contribution is -2.27. The monoisotopic (exact) mass is 268 g/mol. The number of aromatic nitrogens is 1. The van der Waals surface area contributed by atoms with Crippen LogP contribution in [-0.4, -0.2) is 34.2 Å². The molecular formula is C14H24N2OS. The fourth-order valence-corrected chi connectivity index (χ4v) is 2.95. The molecule has 1 heterocycles. The van der Waals surface area contributed by atoms with E-state index in [1.54, 1.807) is 11.3 Å². The van der Waals surface area contributed by atoms with Crippen LogP contribution in [0.15, 0.2) is 5.38 Å². The van der Waals surface area contributed by atoms with Crippen LogP contribution in [0.25, 0.3) is 0 Å². The predicted octanol–water partition coefficient (Wildman–Crippen LogP) is 3.00. The number of unbranched alkanes of at least 4 members (excludes halogenated alkanes) is 1. The van der Waals surface area contributed by atoms with E-state index in [1.807, 2.05) is 0 Å². The van der Waals surface area contributed by atoms with E-state index in [4.69, 9.17) is 10.1 Å². The fraction of sp³-hybridized carbons (Fsp3) is 0.786. The molecule has 18 heavy (non-hydrogen) atoms. The highest BCUT2D eigenvalue weighted by Gasteiger charge is 2.28. The number of thiazole rings is 1. The van der Waals surface area contributed by atoms with Gasteiger partial charge in [0.1, 0.15) is 0 Å². The number of nitrogens with zero attached hydrogens (tertiary/aromatic N) is 2. The molecule has 102 valence electrons. The van der Waals surface area contributed by atoms with Crippen molar-refractivity contribution in [2.45, 2.75) is 58.0 Å². The third-order valence-corrected chi connectivity index (χ3v) is 4.54. The topological polar surface area (TPSA) is 36.4 Å². The standard InChI is InChI=1S/C14H24N2OS/c1-11(2)14-15-12(10-18-14)9-16(13-5-6-13)7-3-4-8-17/h10-11,13,17H,3-9H2,1-2H3. The van der Waals surface area contributed by atoms with Gasteiger partial charge in [0.15, 0.2) is 0 Å². The van der Waals surface area contributed by atoms with Crippen LogP contribution in [0.1, 0.15) is 56.2 Å². The van der Waals surface area contributed by atoms with Gasteiger partial charge in [-0.05, 0) is 32.2 Å². The molecule has 1 fully saturated rings. The van der Waals surface area contributed by atoms with E-state index in [0.29, 0.717) is 12.5 Å². The molecule has 1 aromatic heterocycles. The van der Waals surface area contributed by atoms with E-state index in [2.05, 4.69) is 24.1 Å². The zero-order valence-corrected chi connectivity index (χ0v) is 12.2. The lowest BCUT2D eigenvalue weighted by molar-refractivity contribution is 0.227. The maximum Gasteiger partial charge on any atom is 0.0954 e. The van der Waals surface area contributed by atoms with E-state index >= 15 is 0 Å². The highest BCUT2D eigenvalue weighted by molar-refractivity contribution is 7.09. The summed E-state index contributed by atoms with van der Waals surface area (Å²) in [6.45, 7) is 6.79. The van der Waals surface area contributed by atoms with E-state index < -0.39 is 0 Å². The van der Waals surface area contributed by atoms with Crippen LogP contribution in [0.3, 0.4) is 0 Å². The van der Waals surface area contributed by atoms with Crippen molar-refractivity contribution in [2.24, 2.45) is 0 Å². The lowest BCUT2D eigenvalue weighted by Gasteiger charge is -2.20. The summed E-state index contributed by atoms with van der Waals surface area (Å²) in [6, 6.07) is 0.771. The third kappa shape index (κ3) is 4.04. The molecule has 0 bridgehead atoms. The zero-order chi connectivity index (χ0) is 13.0. The molecular weight excluding hydrogens is 244 g/mol. The van der Waals surface area contributed by atoms with Crippen LogP contribution < -0.4 is 0 Å². The molecule has 0 aromatic carbocycles. The Labute approximate surface area is 114 Å². The third-order valence-electron chi connectivity index (χ3n) is 3.35. The Morgan fingerprint density at radius 1 is 1.44 bits per heavy atom. The van der Waals surface area contributed by atoms with E-state index in [9.17, 15) is 0 Å². The van der Waals surface area contributed by atoms with Gasteiger partial charge in [0, 0.05) is 30.5 Å². The second kappa shape index (κ2) is 6.64. The minimum absolute atomic E-state index is 0.312. The van der Waals surface area contributed by atoms with Crippen LogP contribution in [0.4, 0.5) is 0 Å². The average molecular weight is 268 g/mol. The summed E-state index contributed by atoms with van der Waals surface area (Å²) in [5.74, 6) is 0.535. The van der Waals surface area contributed by atoms with Crippen LogP contribution >= 0.6 is 11.3 Å². The van der Waals surface area contributed by atoms with Crippen LogP contribution in [0.2, 0.25) is 0 Å². The molecule has 0 amide bonds. The largest absolute Gasteiger partial charge is 0.396 e. The molecule has 1 aliphatic carbocycles. The first-order valence-electron chi connectivity index (χ1n) is 7.00. The maximum atomic E-state index is 8.86. The first-order chi connectivity index (χ1) is 8.70. The Morgan fingerprint density at radius 3 is 2.78 bits per heavy atom. The molecule has 1 N–H and O–H groups in total. The molecule has 1 aliphatic rings. The van der Waals surface area contributed by atoms with Gasteiger partial charge in [-0.3, -0.25) is 4.90 Å². The highest BCUT2D eigenvalue weighted by Crippen LogP contribution is 2.29. The van der Waals surface area contributed by atoms with E-state index in [0.717, 1.165) is 32.0 Å². The predicted molar refractivity (Wildman–Crippen MR) is 76.0 cm³/mol. The second-order valence-electron chi connectivity index (χ2n) is 5.46. The SMILES string of the molecule is CC(C)c1nc(CN(CCCCO)C2CC2)cs1. The molecule has 0 atom stereocenters. The van der Waals surface area contributed by atoms with Gasteiger partial charge in [0.2, 0.25) is 0 Å². The first kappa shape index (κ1) is 14.0. The molecule has 3 nitrogen and oxygen atoms in total. The van der Waals surface area contributed by atoms with Crippen molar-refractivity contribution in [1.82, 2.24) is 9.88 Å². The Kier molecular flexibility index (Phi) is 5.15. The maximum absolute atomic E-state index is 8.86. The Bertz CT molecular complexity index is 360. The molecule has 0 aliphatic heterocycles. The van der Waals surface area contributed by atoms with Gasteiger partial charge < -0.3 is 5.11 Å². The Balaban J connectivity index is 1.87. The average Bonchev–Trinajstić information content (AvgIpc) is 3.08.